The number of hydrogen-bond donors (Lipinski definition) is 1. The van der Waals surface area contributed by atoms with Crippen molar-refractivity contribution in [3.05, 3.63) is 29.3 Å². The molecule has 2 unspecified atom stereocenters. The molecule has 1 heterocycles. The monoisotopic (exact) mass is 273 g/mol. The molecule has 1 aliphatic heterocycles. The number of likely N-dealkylation sites (tertiary alicyclic amines) is 1. The summed E-state index contributed by atoms with van der Waals surface area (Å²) in [6.07, 6.45) is 1.19. The summed E-state index contributed by atoms with van der Waals surface area (Å²) in [4.78, 5) is 2.38. The fourth-order valence-corrected chi connectivity index (χ4v) is 2.84. The number of nitrogens with one attached hydrogen (secondary N) is 1. The van der Waals surface area contributed by atoms with E-state index in [0.717, 1.165) is 25.2 Å². The van der Waals surface area contributed by atoms with Crippen LogP contribution < -0.4 is 10.1 Å². The SMILES string of the molecule is COc1cc(CNC2CCN(C)CC2C)ccc1C#N. The number of piperidine rings is 1. The molecule has 108 valence electrons. The Balaban J connectivity index is 1.96. The van der Waals surface area contributed by atoms with Crippen LogP contribution in [0.4, 0.5) is 0 Å². The Hall–Kier alpha value is -1.57. The van der Waals surface area contributed by atoms with E-state index in [1.165, 1.54) is 6.42 Å². The lowest BCUT2D eigenvalue weighted by Crippen LogP contribution is -2.46. The average molecular weight is 273 g/mol. The van der Waals surface area contributed by atoms with Gasteiger partial charge in [-0.1, -0.05) is 13.0 Å². The van der Waals surface area contributed by atoms with Crippen molar-refractivity contribution < 1.29 is 4.74 Å². The third-order valence-corrected chi connectivity index (χ3v) is 4.06. The van der Waals surface area contributed by atoms with E-state index < -0.39 is 0 Å². The van der Waals surface area contributed by atoms with E-state index in [0.29, 0.717) is 23.3 Å². The lowest BCUT2D eigenvalue weighted by Gasteiger charge is -2.35. The van der Waals surface area contributed by atoms with Crippen LogP contribution in [0.15, 0.2) is 18.2 Å². The third-order valence-electron chi connectivity index (χ3n) is 4.06. The maximum absolute atomic E-state index is 8.98. The van der Waals surface area contributed by atoms with Crippen LogP contribution in [-0.2, 0) is 6.54 Å². The molecule has 1 aromatic carbocycles. The number of ether oxygens (including phenoxy) is 1. The van der Waals surface area contributed by atoms with E-state index in [9.17, 15) is 0 Å². The lowest BCUT2D eigenvalue weighted by atomic mass is 9.94. The van der Waals surface area contributed by atoms with Crippen molar-refractivity contribution in [1.29, 1.82) is 5.26 Å². The minimum Gasteiger partial charge on any atom is -0.495 e. The van der Waals surface area contributed by atoms with Crippen LogP contribution in [0.25, 0.3) is 0 Å². The molecule has 0 saturated carbocycles. The molecule has 20 heavy (non-hydrogen) atoms. The van der Waals surface area contributed by atoms with Gasteiger partial charge in [0.15, 0.2) is 0 Å². The van der Waals surface area contributed by atoms with Crippen molar-refractivity contribution in [1.82, 2.24) is 10.2 Å². The van der Waals surface area contributed by atoms with Gasteiger partial charge in [0.25, 0.3) is 0 Å². The molecule has 4 heteroatoms. The molecule has 1 saturated heterocycles. The minimum absolute atomic E-state index is 0.563. The van der Waals surface area contributed by atoms with Gasteiger partial charge in [0.1, 0.15) is 11.8 Å². The van der Waals surface area contributed by atoms with Crippen LogP contribution in [0, 0.1) is 17.2 Å². The third kappa shape index (κ3) is 3.50. The second-order valence-electron chi connectivity index (χ2n) is 5.66. The summed E-state index contributed by atoms with van der Waals surface area (Å²) in [5.74, 6) is 1.32. The second-order valence-corrected chi connectivity index (χ2v) is 5.66. The Labute approximate surface area is 121 Å². The number of hydrogen-bond acceptors (Lipinski definition) is 4. The van der Waals surface area contributed by atoms with E-state index in [-0.39, 0.29) is 0 Å². The van der Waals surface area contributed by atoms with Crippen LogP contribution in [-0.4, -0.2) is 38.2 Å². The van der Waals surface area contributed by atoms with Crippen LogP contribution in [0.3, 0.4) is 0 Å². The van der Waals surface area contributed by atoms with Crippen molar-refractivity contribution in [3.8, 4) is 11.8 Å². The summed E-state index contributed by atoms with van der Waals surface area (Å²) in [6.45, 7) is 5.42. The van der Waals surface area contributed by atoms with Crippen LogP contribution in [0.1, 0.15) is 24.5 Å². The number of rotatable bonds is 4. The van der Waals surface area contributed by atoms with Crippen molar-refractivity contribution in [2.45, 2.75) is 25.9 Å². The van der Waals surface area contributed by atoms with Crippen LogP contribution in [0.2, 0.25) is 0 Å². The zero-order valence-corrected chi connectivity index (χ0v) is 12.5. The Kier molecular flexibility index (Phi) is 4.99. The largest absolute Gasteiger partial charge is 0.495 e. The van der Waals surface area contributed by atoms with Crippen molar-refractivity contribution in [2.75, 3.05) is 27.2 Å². The maximum Gasteiger partial charge on any atom is 0.136 e. The Morgan fingerprint density at radius 3 is 2.95 bits per heavy atom. The molecule has 2 rings (SSSR count). The van der Waals surface area contributed by atoms with Gasteiger partial charge >= 0.3 is 0 Å². The highest BCUT2D eigenvalue weighted by Gasteiger charge is 2.23. The fraction of sp³-hybridized carbons (Fsp3) is 0.562. The van der Waals surface area contributed by atoms with Crippen LogP contribution in [0.5, 0.6) is 5.75 Å². The number of methoxy groups -OCH3 is 1. The molecular weight excluding hydrogens is 250 g/mol. The molecule has 1 aliphatic rings. The Morgan fingerprint density at radius 2 is 2.30 bits per heavy atom. The second kappa shape index (κ2) is 6.74. The number of nitriles is 1. The van der Waals surface area contributed by atoms with E-state index >= 15 is 0 Å². The molecule has 1 fully saturated rings. The fourth-order valence-electron chi connectivity index (χ4n) is 2.84. The molecule has 4 nitrogen and oxygen atoms in total. The quantitative estimate of drug-likeness (QED) is 0.911. The summed E-state index contributed by atoms with van der Waals surface area (Å²) in [6, 6.07) is 8.47. The topological polar surface area (TPSA) is 48.3 Å². The highest BCUT2D eigenvalue weighted by molar-refractivity contribution is 5.45. The molecule has 2 atom stereocenters. The van der Waals surface area contributed by atoms with E-state index in [1.807, 2.05) is 18.2 Å². The van der Waals surface area contributed by atoms with Crippen LogP contribution >= 0.6 is 0 Å². The zero-order valence-electron chi connectivity index (χ0n) is 12.5. The van der Waals surface area contributed by atoms with E-state index in [4.69, 9.17) is 10.00 Å². The molecule has 0 bridgehead atoms. The normalized spacial score (nSPS) is 23.3. The van der Waals surface area contributed by atoms with Gasteiger partial charge in [0.2, 0.25) is 0 Å². The smallest absolute Gasteiger partial charge is 0.136 e. The number of benzene rings is 1. The minimum atomic E-state index is 0.563. The first-order valence-electron chi connectivity index (χ1n) is 7.13. The standard InChI is InChI=1S/C16H23N3O/c1-12-11-19(2)7-6-15(12)18-10-13-4-5-14(9-17)16(8-13)20-3/h4-5,8,12,15,18H,6-7,10-11H2,1-3H3. The van der Waals surface area contributed by atoms with Gasteiger partial charge in [-0.2, -0.15) is 5.26 Å². The average Bonchev–Trinajstić information content (AvgIpc) is 2.46. The van der Waals surface area contributed by atoms with Gasteiger partial charge in [-0.3, -0.25) is 0 Å². The van der Waals surface area contributed by atoms with Gasteiger partial charge in [-0.25, -0.2) is 0 Å². The number of nitrogens with zero attached hydrogens (tertiary/aromatic N) is 2. The molecule has 1 N–H and O–H groups in total. The van der Waals surface area contributed by atoms with Gasteiger partial charge in [-0.05, 0) is 43.6 Å². The van der Waals surface area contributed by atoms with Gasteiger partial charge in [-0.15, -0.1) is 0 Å². The summed E-state index contributed by atoms with van der Waals surface area (Å²) < 4.78 is 5.25. The molecular formula is C16H23N3O. The molecule has 0 aliphatic carbocycles. The van der Waals surface area contributed by atoms with Crippen molar-refractivity contribution >= 4 is 0 Å². The molecule has 0 spiro atoms. The first kappa shape index (κ1) is 14.8. The Morgan fingerprint density at radius 1 is 1.50 bits per heavy atom. The lowest BCUT2D eigenvalue weighted by molar-refractivity contribution is 0.174. The predicted molar refractivity (Wildman–Crippen MR) is 79.6 cm³/mol. The molecule has 0 amide bonds. The first-order chi connectivity index (χ1) is 9.63. The summed E-state index contributed by atoms with van der Waals surface area (Å²) in [5, 5.41) is 12.6. The van der Waals surface area contributed by atoms with Crippen molar-refractivity contribution in [2.24, 2.45) is 5.92 Å². The molecule has 0 radical (unpaired) electrons. The van der Waals surface area contributed by atoms with Gasteiger partial charge in [0.05, 0.1) is 12.7 Å². The summed E-state index contributed by atoms with van der Waals surface area (Å²) >= 11 is 0. The maximum atomic E-state index is 8.98. The first-order valence-corrected chi connectivity index (χ1v) is 7.13. The highest BCUT2D eigenvalue weighted by atomic mass is 16.5. The highest BCUT2D eigenvalue weighted by Crippen LogP contribution is 2.20. The van der Waals surface area contributed by atoms with Gasteiger partial charge < -0.3 is 15.0 Å². The van der Waals surface area contributed by atoms with Crippen molar-refractivity contribution in [3.63, 3.8) is 0 Å². The van der Waals surface area contributed by atoms with E-state index in [1.54, 1.807) is 7.11 Å². The van der Waals surface area contributed by atoms with Gasteiger partial charge in [0, 0.05) is 19.1 Å². The van der Waals surface area contributed by atoms with E-state index in [2.05, 4.69) is 30.3 Å². The Bertz CT molecular complexity index is 495. The molecule has 1 aromatic rings. The summed E-state index contributed by atoms with van der Waals surface area (Å²) in [7, 11) is 3.78. The zero-order chi connectivity index (χ0) is 14.5. The molecule has 0 aromatic heterocycles. The summed E-state index contributed by atoms with van der Waals surface area (Å²) in [5.41, 5.74) is 1.75. The predicted octanol–water partition coefficient (Wildman–Crippen LogP) is 2.00.